The van der Waals surface area contributed by atoms with Gasteiger partial charge in [-0.1, -0.05) is 19.8 Å². The molecule has 2 atom stereocenters. The normalized spacial score (nSPS) is 20.0. The van der Waals surface area contributed by atoms with Crippen LogP contribution in [0.15, 0.2) is 24.3 Å². The van der Waals surface area contributed by atoms with Gasteiger partial charge in [-0.25, -0.2) is 9.59 Å². The van der Waals surface area contributed by atoms with Crippen molar-refractivity contribution >= 4 is 23.6 Å². The van der Waals surface area contributed by atoms with Crippen LogP contribution in [0.25, 0.3) is 0 Å². The van der Waals surface area contributed by atoms with Crippen LogP contribution >= 0.6 is 0 Å². The van der Waals surface area contributed by atoms with Crippen molar-refractivity contribution in [3.63, 3.8) is 0 Å². The molecule has 0 saturated heterocycles. The number of ether oxygens (including phenoxy) is 1. The number of carbonyl (C=O) groups is 3. The Balaban J connectivity index is 1.79. The molecule has 1 fully saturated rings. The summed E-state index contributed by atoms with van der Waals surface area (Å²) in [4.78, 5) is 34.6. The number of nitrogens with one attached hydrogen (secondary N) is 2. The Morgan fingerprint density at radius 3 is 2.46 bits per heavy atom. The third kappa shape index (κ3) is 5.26. The molecule has 7 nitrogen and oxygen atoms in total. The van der Waals surface area contributed by atoms with Crippen LogP contribution in [0, 0.1) is 5.92 Å². The van der Waals surface area contributed by atoms with Crippen LogP contribution in [0.5, 0.6) is 0 Å². The first-order valence-electron chi connectivity index (χ1n) is 8.08. The highest BCUT2D eigenvalue weighted by molar-refractivity contribution is 5.93. The molecule has 130 valence electrons. The maximum Gasteiger partial charge on any atom is 0.338 e. The Kier molecular flexibility index (Phi) is 6.17. The van der Waals surface area contributed by atoms with E-state index in [9.17, 15) is 14.4 Å². The molecule has 2 rings (SSSR count). The molecule has 4 N–H and O–H groups in total. The molecule has 1 saturated carbocycles. The van der Waals surface area contributed by atoms with Crippen molar-refractivity contribution in [2.75, 3.05) is 11.9 Å². The molecule has 0 aromatic heterocycles. The van der Waals surface area contributed by atoms with Crippen LogP contribution in [0.2, 0.25) is 0 Å². The van der Waals surface area contributed by atoms with Crippen LogP contribution in [0.1, 0.15) is 43.0 Å². The lowest BCUT2D eigenvalue weighted by atomic mass is 9.86. The SMILES string of the molecule is C[C@@H]1CCCC[C@H]1NC(=O)COC(=O)c1ccc(NC(N)=O)cc1. The minimum Gasteiger partial charge on any atom is -0.452 e. The molecule has 0 radical (unpaired) electrons. The number of anilines is 1. The summed E-state index contributed by atoms with van der Waals surface area (Å²) >= 11 is 0. The molecule has 0 unspecified atom stereocenters. The fraction of sp³-hybridized carbons (Fsp3) is 0.471. The molecule has 1 aromatic carbocycles. The first kappa shape index (κ1) is 17.8. The monoisotopic (exact) mass is 333 g/mol. The predicted molar refractivity (Wildman–Crippen MR) is 89.5 cm³/mol. The van der Waals surface area contributed by atoms with Crippen LogP contribution in [0.4, 0.5) is 10.5 Å². The van der Waals surface area contributed by atoms with Gasteiger partial charge in [0.05, 0.1) is 5.56 Å². The van der Waals surface area contributed by atoms with E-state index in [0.29, 0.717) is 17.2 Å². The third-order valence-electron chi connectivity index (χ3n) is 4.18. The highest BCUT2D eigenvalue weighted by Gasteiger charge is 2.23. The number of carbonyl (C=O) groups excluding carboxylic acids is 3. The minimum atomic E-state index is -0.682. The number of primary amides is 1. The zero-order valence-electron chi connectivity index (χ0n) is 13.7. The van der Waals surface area contributed by atoms with Gasteiger partial charge in [-0.15, -0.1) is 0 Å². The van der Waals surface area contributed by atoms with Crippen LogP contribution in [-0.2, 0) is 9.53 Å². The summed E-state index contributed by atoms with van der Waals surface area (Å²) < 4.78 is 5.02. The van der Waals surface area contributed by atoms with Gasteiger partial charge in [0.25, 0.3) is 5.91 Å². The third-order valence-corrected chi connectivity index (χ3v) is 4.18. The largest absolute Gasteiger partial charge is 0.452 e. The predicted octanol–water partition coefficient (Wildman–Crippen LogP) is 2.03. The number of urea groups is 1. The van der Waals surface area contributed by atoms with Crippen molar-refractivity contribution in [2.45, 2.75) is 38.6 Å². The number of rotatable bonds is 5. The zero-order valence-corrected chi connectivity index (χ0v) is 13.7. The average Bonchev–Trinajstić information content (AvgIpc) is 2.55. The van der Waals surface area contributed by atoms with E-state index >= 15 is 0 Å². The van der Waals surface area contributed by atoms with Crippen molar-refractivity contribution in [1.82, 2.24) is 5.32 Å². The quantitative estimate of drug-likeness (QED) is 0.716. The summed E-state index contributed by atoms with van der Waals surface area (Å²) in [5.74, 6) is -0.426. The van der Waals surface area contributed by atoms with E-state index < -0.39 is 12.0 Å². The van der Waals surface area contributed by atoms with Crippen molar-refractivity contribution in [3.8, 4) is 0 Å². The standard InChI is InChI=1S/C17H23N3O4/c1-11-4-2-3-5-14(11)20-15(21)10-24-16(22)12-6-8-13(9-7-12)19-17(18)23/h6-9,11,14H,2-5,10H2,1H3,(H,20,21)(H3,18,19,23)/t11-,14-/m1/s1. The fourth-order valence-electron chi connectivity index (χ4n) is 2.83. The van der Waals surface area contributed by atoms with Gasteiger partial charge in [0.2, 0.25) is 0 Å². The number of nitrogens with two attached hydrogens (primary N) is 1. The van der Waals surface area contributed by atoms with Crippen LogP contribution in [-0.4, -0.2) is 30.6 Å². The van der Waals surface area contributed by atoms with Gasteiger partial charge in [0.1, 0.15) is 0 Å². The molecule has 0 bridgehead atoms. The molecular formula is C17H23N3O4. The second-order valence-corrected chi connectivity index (χ2v) is 6.08. The molecular weight excluding hydrogens is 310 g/mol. The maximum absolute atomic E-state index is 11.9. The van der Waals surface area contributed by atoms with Crippen molar-refractivity contribution in [3.05, 3.63) is 29.8 Å². The Hall–Kier alpha value is -2.57. The summed E-state index contributed by atoms with van der Waals surface area (Å²) in [7, 11) is 0. The van der Waals surface area contributed by atoms with Gasteiger partial charge in [0.15, 0.2) is 6.61 Å². The number of hydrogen-bond donors (Lipinski definition) is 3. The Morgan fingerprint density at radius 1 is 1.17 bits per heavy atom. The van der Waals surface area contributed by atoms with E-state index in [0.717, 1.165) is 19.3 Å². The van der Waals surface area contributed by atoms with Gasteiger partial charge in [-0.05, 0) is 43.0 Å². The van der Waals surface area contributed by atoms with Crippen molar-refractivity contribution in [2.24, 2.45) is 11.7 Å². The number of benzene rings is 1. The zero-order chi connectivity index (χ0) is 17.5. The highest BCUT2D eigenvalue weighted by Crippen LogP contribution is 2.23. The summed E-state index contributed by atoms with van der Waals surface area (Å²) in [6, 6.07) is 5.53. The van der Waals surface area contributed by atoms with E-state index in [1.54, 1.807) is 0 Å². The van der Waals surface area contributed by atoms with Crippen LogP contribution < -0.4 is 16.4 Å². The topological polar surface area (TPSA) is 111 Å². The minimum absolute atomic E-state index is 0.157. The van der Waals surface area contributed by atoms with Gasteiger partial charge in [0, 0.05) is 11.7 Å². The summed E-state index contributed by atoms with van der Waals surface area (Å²) in [6.45, 7) is 1.82. The average molecular weight is 333 g/mol. The molecule has 1 aliphatic rings. The lowest BCUT2D eigenvalue weighted by molar-refractivity contribution is -0.125. The van der Waals surface area contributed by atoms with Gasteiger partial charge >= 0.3 is 12.0 Å². The molecule has 0 heterocycles. The second-order valence-electron chi connectivity index (χ2n) is 6.08. The molecule has 0 spiro atoms. The lowest BCUT2D eigenvalue weighted by Crippen LogP contribution is -2.42. The van der Waals surface area contributed by atoms with Crippen molar-refractivity contribution in [1.29, 1.82) is 0 Å². The highest BCUT2D eigenvalue weighted by atomic mass is 16.5. The van der Waals surface area contributed by atoms with Gasteiger partial charge < -0.3 is 21.1 Å². The molecule has 1 aliphatic carbocycles. The molecule has 7 heteroatoms. The summed E-state index contributed by atoms with van der Waals surface area (Å²) in [5.41, 5.74) is 5.77. The second kappa shape index (κ2) is 8.33. The molecule has 1 aromatic rings. The Bertz CT molecular complexity index is 600. The number of esters is 1. The Morgan fingerprint density at radius 2 is 1.83 bits per heavy atom. The van der Waals surface area contributed by atoms with E-state index in [-0.39, 0.29) is 18.6 Å². The summed E-state index contributed by atoms with van der Waals surface area (Å²) in [6.07, 6.45) is 4.38. The summed E-state index contributed by atoms with van der Waals surface area (Å²) in [5, 5.41) is 5.32. The smallest absolute Gasteiger partial charge is 0.338 e. The first-order chi connectivity index (χ1) is 11.5. The maximum atomic E-state index is 11.9. The van der Waals surface area contributed by atoms with Crippen LogP contribution in [0.3, 0.4) is 0 Å². The molecule has 3 amide bonds. The lowest BCUT2D eigenvalue weighted by Gasteiger charge is -2.29. The van der Waals surface area contributed by atoms with E-state index in [1.165, 1.54) is 30.7 Å². The fourth-order valence-corrected chi connectivity index (χ4v) is 2.83. The number of hydrogen-bond acceptors (Lipinski definition) is 4. The van der Waals surface area contributed by atoms with Crippen molar-refractivity contribution < 1.29 is 19.1 Å². The molecule has 24 heavy (non-hydrogen) atoms. The number of amides is 3. The van der Waals surface area contributed by atoms with E-state index in [1.807, 2.05) is 0 Å². The molecule has 0 aliphatic heterocycles. The van der Waals surface area contributed by atoms with E-state index in [4.69, 9.17) is 10.5 Å². The Labute approximate surface area is 140 Å². The van der Waals surface area contributed by atoms with Gasteiger partial charge in [-0.2, -0.15) is 0 Å². The first-order valence-corrected chi connectivity index (χ1v) is 8.08. The van der Waals surface area contributed by atoms with Gasteiger partial charge in [-0.3, -0.25) is 4.79 Å². The van der Waals surface area contributed by atoms with E-state index in [2.05, 4.69) is 17.6 Å².